The minimum absolute atomic E-state index is 0.0494. The van der Waals surface area contributed by atoms with E-state index in [0.29, 0.717) is 23.1 Å². The highest BCUT2D eigenvalue weighted by Gasteiger charge is 2.30. The first kappa shape index (κ1) is 22.7. The predicted octanol–water partition coefficient (Wildman–Crippen LogP) is 1.67. The van der Waals surface area contributed by atoms with Crippen molar-refractivity contribution in [2.45, 2.75) is 50.2 Å². The van der Waals surface area contributed by atoms with Crippen molar-refractivity contribution in [2.75, 3.05) is 31.9 Å². The monoisotopic (exact) mass is 452 g/mol. The summed E-state index contributed by atoms with van der Waals surface area (Å²) < 4.78 is 29.0. The normalized spacial score (nSPS) is 16.1. The molecule has 1 amide bonds. The van der Waals surface area contributed by atoms with E-state index in [9.17, 15) is 13.2 Å². The molecular formula is C19H28N6O3S2. The highest BCUT2D eigenvalue weighted by atomic mass is 32.2. The van der Waals surface area contributed by atoms with E-state index in [4.69, 9.17) is 0 Å². The van der Waals surface area contributed by atoms with E-state index in [1.54, 1.807) is 21.7 Å². The predicted molar refractivity (Wildman–Crippen MR) is 115 cm³/mol. The van der Waals surface area contributed by atoms with Crippen molar-refractivity contribution in [1.82, 2.24) is 29.4 Å². The van der Waals surface area contributed by atoms with Gasteiger partial charge in [0.25, 0.3) is 0 Å². The molecular weight excluding hydrogens is 424 g/mol. The molecule has 0 aliphatic carbocycles. The molecule has 1 aromatic heterocycles. The third-order valence-electron chi connectivity index (χ3n) is 5.11. The molecule has 3 rings (SSSR count). The average molecular weight is 453 g/mol. The molecule has 1 aromatic carbocycles. The van der Waals surface area contributed by atoms with Crippen LogP contribution in [-0.2, 0) is 20.4 Å². The molecule has 1 aliphatic heterocycles. The number of sulfonamides is 1. The summed E-state index contributed by atoms with van der Waals surface area (Å²) in [6, 6.07) is 5.17. The van der Waals surface area contributed by atoms with E-state index >= 15 is 0 Å². The third-order valence-corrected chi connectivity index (χ3v) is 7.91. The van der Waals surface area contributed by atoms with E-state index in [1.165, 1.54) is 16.1 Å². The Kier molecular flexibility index (Phi) is 6.54. The van der Waals surface area contributed by atoms with Gasteiger partial charge in [-0.25, -0.2) is 13.1 Å². The zero-order valence-corrected chi connectivity index (χ0v) is 19.6. The number of piperazine rings is 1. The Hall–Kier alpha value is -1.98. The highest BCUT2D eigenvalue weighted by Crippen LogP contribution is 2.23. The van der Waals surface area contributed by atoms with Gasteiger partial charge in [-0.3, -0.25) is 4.79 Å². The van der Waals surface area contributed by atoms with E-state index in [2.05, 4.69) is 15.5 Å². The van der Waals surface area contributed by atoms with Crippen molar-refractivity contribution in [3.05, 3.63) is 29.3 Å². The largest absolute Gasteiger partial charge is 0.339 e. The van der Waals surface area contributed by atoms with Crippen LogP contribution in [0.1, 0.15) is 31.9 Å². The number of thioether (sulfide) groups is 1. The molecule has 0 unspecified atom stereocenters. The minimum atomic E-state index is -3.56. The van der Waals surface area contributed by atoms with Gasteiger partial charge in [-0.05, 0) is 68.3 Å². The average Bonchev–Trinajstić information content (AvgIpc) is 3.17. The number of aromatic nitrogens is 4. The molecule has 2 aromatic rings. The molecule has 0 N–H and O–H groups in total. The molecule has 2 heterocycles. The van der Waals surface area contributed by atoms with Crippen molar-refractivity contribution in [1.29, 1.82) is 0 Å². The number of rotatable bonds is 5. The van der Waals surface area contributed by atoms with Crippen molar-refractivity contribution >= 4 is 27.7 Å². The zero-order chi connectivity index (χ0) is 22.1. The summed E-state index contributed by atoms with van der Waals surface area (Å²) in [7, 11) is -3.56. The lowest BCUT2D eigenvalue weighted by atomic mass is 10.1. The maximum absolute atomic E-state index is 12.9. The third kappa shape index (κ3) is 4.84. The molecule has 11 heteroatoms. The van der Waals surface area contributed by atoms with Gasteiger partial charge in [0.1, 0.15) is 0 Å². The van der Waals surface area contributed by atoms with Gasteiger partial charge >= 0.3 is 0 Å². The molecule has 1 fully saturated rings. The number of hydrogen-bond acceptors (Lipinski definition) is 7. The van der Waals surface area contributed by atoms with Crippen LogP contribution in [-0.4, -0.2) is 75.7 Å². The van der Waals surface area contributed by atoms with Crippen LogP contribution in [0.2, 0.25) is 0 Å². The Morgan fingerprint density at radius 3 is 2.37 bits per heavy atom. The maximum atomic E-state index is 12.9. The molecule has 0 atom stereocenters. The SMILES string of the molecule is Cc1ccc(S(=O)(=O)N2CCN(C(=O)CSc3nnnn3C(C)(C)C)CC2)cc1C. The Balaban J connectivity index is 1.58. The number of hydrogen-bond donors (Lipinski definition) is 0. The summed E-state index contributed by atoms with van der Waals surface area (Å²) in [5, 5.41) is 12.3. The summed E-state index contributed by atoms with van der Waals surface area (Å²) in [5.74, 6) is 0.159. The van der Waals surface area contributed by atoms with Crippen LogP contribution in [0.5, 0.6) is 0 Å². The topological polar surface area (TPSA) is 101 Å². The molecule has 9 nitrogen and oxygen atoms in total. The fraction of sp³-hybridized carbons (Fsp3) is 0.579. The molecule has 30 heavy (non-hydrogen) atoms. The number of tetrazole rings is 1. The van der Waals surface area contributed by atoms with Gasteiger partial charge < -0.3 is 4.90 Å². The Bertz CT molecular complexity index is 1020. The summed E-state index contributed by atoms with van der Waals surface area (Å²) in [5.41, 5.74) is 1.72. The second kappa shape index (κ2) is 8.64. The fourth-order valence-corrected chi connectivity index (χ4v) is 5.58. The van der Waals surface area contributed by atoms with Crippen LogP contribution < -0.4 is 0 Å². The van der Waals surface area contributed by atoms with Gasteiger partial charge in [-0.15, -0.1) is 5.10 Å². The van der Waals surface area contributed by atoms with Crippen LogP contribution in [0.15, 0.2) is 28.3 Å². The van der Waals surface area contributed by atoms with Crippen molar-refractivity contribution < 1.29 is 13.2 Å². The Morgan fingerprint density at radius 2 is 1.77 bits per heavy atom. The Labute approximate surface area is 181 Å². The lowest BCUT2D eigenvalue weighted by molar-refractivity contribution is -0.129. The second-order valence-corrected chi connectivity index (χ2v) is 11.2. The van der Waals surface area contributed by atoms with Crippen molar-refractivity contribution in [3.8, 4) is 0 Å². The summed E-state index contributed by atoms with van der Waals surface area (Å²) in [6.45, 7) is 11.1. The first-order valence-electron chi connectivity index (χ1n) is 9.77. The van der Waals surface area contributed by atoms with Gasteiger partial charge in [0.15, 0.2) is 0 Å². The first-order valence-corrected chi connectivity index (χ1v) is 12.2. The maximum Gasteiger partial charge on any atom is 0.243 e. The van der Waals surface area contributed by atoms with E-state index in [-0.39, 0.29) is 30.3 Å². The molecule has 0 radical (unpaired) electrons. The summed E-state index contributed by atoms with van der Waals surface area (Å²) in [6.07, 6.45) is 0. The quantitative estimate of drug-likeness (QED) is 0.636. The molecule has 1 aliphatic rings. The van der Waals surface area contributed by atoms with Crippen LogP contribution in [0.4, 0.5) is 0 Å². The zero-order valence-electron chi connectivity index (χ0n) is 18.0. The minimum Gasteiger partial charge on any atom is -0.339 e. The van der Waals surface area contributed by atoms with Gasteiger partial charge in [-0.1, -0.05) is 17.8 Å². The standard InChI is InChI=1S/C19H28N6O3S2/c1-14-6-7-16(12-15(14)2)30(27,28)24-10-8-23(9-11-24)17(26)13-29-18-20-21-22-25(18)19(3,4)5/h6-7,12H,8-11,13H2,1-5H3. The van der Waals surface area contributed by atoms with Crippen LogP contribution >= 0.6 is 11.8 Å². The van der Waals surface area contributed by atoms with Crippen molar-refractivity contribution in [3.63, 3.8) is 0 Å². The fourth-order valence-electron chi connectivity index (χ4n) is 3.11. The summed E-state index contributed by atoms with van der Waals surface area (Å²) >= 11 is 1.29. The molecule has 0 bridgehead atoms. The number of carbonyl (C=O) groups excluding carboxylic acids is 1. The van der Waals surface area contributed by atoms with E-state index < -0.39 is 10.0 Å². The summed E-state index contributed by atoms with van der Waals surface area (Å²) in [4.78, 5) is 14.6. The number of amides is 1. The number of aryl methyl sites for hydroxylation is 2. The Morgan fingerprint density at radius 1 is 1.10 bits per heavy atom. The number of nitrogens with zero attached hydrogens (tertiary/aromatic N) is 6. The van der Waals surface area contributed by atoms with E-state index in [1.807, 2.05) is 40.7 Å². The first-order chi connectivity index (χ1) is 14.0. The molecule has 164 valence electrons. The van der Waals surface area contributed by atoms with E-state index in [0.717, 1.165) is 11.1 Å². The van der Waals surface area contributed by atoms with Crippen LogP contribution in [0, 0.1) is 13.8 Å². The molecule has 1 saturated heterocycles. The van der Waals surface area contributed by atoms with Gasteiger partial charge in [0, 0.05) is 26.2 Å². The lowest BCUT2D eigenvalue weighted by Crippen LogP contribution is -2.51. The lowest BCUT2D eigenvalue weighted by Gasteiger charge is -2.34. The van der Waals surface area contributed by atoms with Crippen LogP contribution in [0.25, 0.3) is 0 Å². The number of carbonyl (C=O) groups is 1. The molecule has 0 saturated carbocycles. The van der Waals surface area contributed by atoms with Gasteiger partial charge in [0.2, 0.25) is 21.1 Å². The molecule has 0 spiro atoms. The van der Waals surface area contributed by atoms with Crippen molar-refractivity contribution in [2.24, 2.45) is 0 Å². The highest BCUT2D eigenvalue weighted by molar-refractivity contribution is 7.99. The number of benzene rings is 1. The second-order valence-electron chi connectivity index (χ2n) is 8.36. The van der Waals surface area contributed by atoms with Gasteiger partial charge in [-0.2, -0.15) is 4.31 Å². The smallest absolute Gasteiger partial charge is 0.243 e. The van der Waals surface area contributed by atoms with Gasteiger partial charge in [0.05, 0.1) is 16.2 Å². The van der Waals surface area contributed by atoms with Crippen LogP contribution in [0.3, 0.4) is 0 Å².